The molecule has 0 aromatic heterocycles. The van der Waals surface area contributed by atoms with Gasteiger partial charge in [-0.2, -0.15) is 13.2 Å². The summed E-state index contributed by atoms with van der Waals surface area (Å²) in [5, 5.41) is 4.29. The van der Waals surface area contributed by atoms with Gasteiger partial charge in [0.25, 0.3) is 5.91 Å². The van der Waals surface area contributed by atoms with Crippen molar-refractivity contribution in [1.82, 2.24) is 5.32 Å². The van der Waals surface area contributed by atoms with Crippen LogP contribution in [0.25, 0.3) is 0 Å². The Balaban J connectivity index is 2.08. The molecular weight excluding hydrogens is 249 g/mol. The summed E-state index contributed by atoms with van der Waals surface area (Å²) >= 11 is 0. The summed E-state index contributed by atoms with van der Waals surface area (Å²) in [5.41, 5.74) is 1.28. The second kappa shape index (κ2) is 4.32. The summed E-state index contributed by atoms with van der Waals surface area (Å²) in [5.74, 6) is -1.02. The number of hydrogen-bond acceptors (Lipinski definition) is 2. The van der Waals surface area contributed by atoms with Gasteiger partial charge in [0.1, 0.15) is 6.54 Å². The predicted octanol–water partition coefficient (Wildman–Crippen LogP) is 1.47. The van der Waals surface area contributed by atoms with Crippen molar-refractivity contribution >= 4 is 17.5 Å². The van der Waals surface area contributed by atoms with Crippen molar-refractivity contribution in [2.45, 2.75) is 12.6 Å². The molecule has 2 N–H and O–H groups in total. The largest absolute Gasteiger partial charge is 0.405 e. The fraction of sp³-hybridized carbons (Fsp3) is 0.273. The minimum Gasteiger partial charge on any atom is -0.343 e. The lowest BCUT2D eigenvalue weighted by molar-refractivity contribution is -0.123. The number of benzene rings is 1. The maximum Gasteiger partial charge on any atom is 0.405 e. The minimum absolute atomic E-state index is 0.0835. The van der Waals surface area contributed by atoms with Gasteiger partial charge in [-0.25, -0.2) is 0 Å². The van der Waals surface area contributed by atoms with Gasteiger partial charge in [-0.15, -0.1) is 0 Å². The molecule has 1 aliphatic heterocycles. The smallest absolute Gasteiger partial charge is 0.343 e. The molecule has 0 fully saturated rings. The third-order valence-corrected chi connectivity index (χ3v) is 2.45. The number of carbonyl (C=O) groups is 2. The van der Waals surface area contributed by atoms with Gasteiger partial charge in [0.15, 0.2) is 0 Å². The summed E-state index contributed by atoms with van der Waals surface area (Å²) in [7, 11) is 0. The number of fused-ring (bicyclic) bond motifs is 1. The van der Waals surface area contributed by atoms with Crippen LogP contribution in [-0.4, -0.2) is 24.5 Å². The molecule has 7 heteroatoms. The van der Waals surface area contributed by atoms with E-state index in [1.165, 1.54) is 12.1 Å². The molecule has 4 nitrogen and oxygen atoms in total. The van der Waals surface area contributed by atoms with Crippen molar-refractivity contribution < 1.29 is 22.8 Å². The quantitative estimate of drug-likeness (QED) is 0.844. The Morgan fingerprint density at radius 2 is 2.11 bits per heavy atom. The molecular formula is C11H9F3N2O2. The first-order chi connectivity index (χ1) is 8.35. The van der Waals surface area contributed by atoms with Crippen LogP contribution in [0.3, 0.4) is 0 Å². The number of carbonyl (C=O) groups excluding carboxylic acids is 2. The number of alkyl halides is 3. The maximum absolute atomic E-state index is 11.9. The highest BCUT2D eigenvalue weighted by atomic mass is 19.4. The first-order valence-electron chi connectivity index (χ1n) is 5.13. The second-order valence-electron chi connectivity index (χ2n) is 3.89. The maximum atomic E-state index is 11.9. The van der Waals surface area contributed by atoms with Gasteiger partial charge < -0.3 is 10.6 Å². The van der Waals surface area contributed by atoms with Crippen LogP contribution in [0.1, 0.15) is 15.9 Å². The van der Waals surface area contributed by atoms with E-state index in [4.69, 9.17) is 0 Å². The first-order valence-corrected chi connectivity index (χ1v) is 5.13. The molecule has 1 aromatic carbocycles. The Hall–Kier alpha value is -2.05. The average molecular weight is 258 g/mol. The predicted molar refractivity (Wildman–Crippen MR) is 57.2 cm³/mol. The molecule has 0 saturated heterocycles. The molecule has 1 aliphatic rings. The molecule has 18 heavy (non-hydrogen) atoms. The van der Waals surface area contributed by atoms with Gasteiger partial charge in [0.05, 0.1) is 6.42 Å². The van der Waals surface area contributed by atoms with Gasteiger partial charge in [0, 0.05) is 11.3 Å². The number of rotatable bonds is 2. The molecule has 1 heterocycles. The van der Waals surface area contributed by atoms with Gasteiger partial charge in [0.2, 0.25) is 5.91 Å². The van der Waals surface area contributed by atoms with Crippen LogP contribution in [0.4, 0.5) is 18.9 Å². The van der Waals surface area contributed by atoms with Crippen molar-refractivity contribution in [2.24, 2.45) is 0 Å². The van der Waals surface area contributed by atoms with E-state index >= 15 is 0 Å². The van der Waals surface area contributed by atoms with Crippen LogP contribution in [0.5, 0.6) is 0 Å². The SMILES string of the molecule is O=C1Cc2ccc(C(=O)NCC(F)(F)F)cc2N1. The Kier molecular flexibility index (Phi) is 2.98. The van der Waals surface area contributed by atoms with E-state index in [2.05, 4.69) is 5.32 Å². The summed E-state index contributed by atoms with van der Waals surface area (Å²) in [4.78, 5) is 22.5. The van der Waals surface area contributed by atoms with Gasteiger partial charge in [-0.1, -0.05) is 6.07 Å². The first kappa shape index (κ1) is 12.4. The molecule has 0 radical (unpaired) electrons. The lowest BCUT2D eigenvalue weighted by atomic mass is 10.1. The number of halogens is 3. The molecule has 1 aromatic rings. The summed E-state index contributed by atoms with van der Waals surface area (Å²) in [6, 6.07) is 4.31. The highest BCUT2D eigenvalue weighted by Crippen LogP contribution is 2.24. The Bertz CT molecular complexity index is 512. The van der Waals surface area contributed by atoms with E-state index in [9.17, 15) is 22.8 Å². The van der Waals surface area contributed by atoms with Gasteiger partial charge in [-0.05, 0) is 17.7 Å². The minimum atomic E-state index is -4.44. The number of hydrogen-bond donors (Lipinski definition) is 2. The van der Waals surface area contributed by atoms with Gasteiger partial charge in [-0.3, -0.25) is 9.59 Å². The molecule has 0 aliphatic carbocycles. The number of nitrogens with one attached hydrogen (secondary N) is 2. The molecule has 0 bridgehead atoms. The van der Waals surface area contributed by atoms with Crippen molar-refractivity contribution in [3.05, 3.63) is 29.3 Å². The van der Waals surface area contributed by atoms with E-state index in [1.54, 1.807) is 11.4 Å². The van der Waals surface area contributed by atoms with Crippen molar-refractivity contribution in [1.29, 1.82) is 0 Å². The lowest BCUT2D eigenvalue weighted by Gasteiger charge is -2.09. The third kappa shape index (κ3) is 2.79. The number of amides is 2. The van der Waals surface area contributed by atoms with E-state index < -0.39 is 18.6 Å². The Labute approximate surface area is 100 Å². The van der Waals surface area contributed by atoms with Crippen LogP contribution in [0.2, 0.25) is 0 Å². The fourth-order valence-corrected chi connectivity index (χ4v) is 1.64. The second-order valence-corrected chi connectivity index (χ2v) is 3.89. The molecule has 0 unspecified atom stereocenters. The van der Waals surface area contributed by atoms with E-state index in [1.807, 2.05) is 0 Å². The molecule has 96 valence electrons. The Morgan fingerprint density at radius 3 is 2.78 bits per heavy atom. The topological polar surface area (TPSA) is 58.2 Å². The Morgan fingerprint density at radius 1 is 1.39 bits per heavy atom. The van der Waals surface area contributed by atoms with E-state index in [0.717, 1.165) is 5.56 Å². The zero-order chi connectivity index (χ0) is 13.3. The van der Waals surface area contributed by atoms with Crippen LogP contribution in [0, 0.1) is 0 Å². The van der Waals surface area contributed by atoms with Crippen LogP contribution in [-0.2, 0) is 11.2 Å². The average Bonchev–Trinajstić information content (AvgIpc) is 2.63. The van der Waals surface area contributed by atoms with Crippen LogP contribution >= 0.6 is 0 Å². The fourth-order valence-electron chi connectivity index (χ4n) is 1.64. The van der Waals surface area contributed by atoms with Crippen molar-refractivity contribution in [3.63, 3.8) is 0 Å². The number of anilines is 1. The molecule has 0 saturated carbocycles. The monoisotopic (exact) mass is 258 g/mol. The third-order valence-electron chi connectivity index (χ3n) is 2.45. The zero-order valence-electron chi connectivity index (χ0n) is 9.10. The van der Waals surface area contributed by atoms with Crippen molar-refractivity contribution in [3.8, 4) is 0 Å². The highest BCUT2D eigenvalue weighted by molar-refractivity contribution is 6.02. The summed E-state index contributed by atoms with van der Waals surface area (Å²) < 4.78 is 35.8. The van der Waals surface area contributed by atoms with E-state index in [0.29, 0.717) is 5.69 Å². The van der Waals surface area contributed by atoms with Gasteiger partial charge >= 0.3 is 6.18 Å². The molecule has 2 rings (SSSR count). The lowest BCUT2D eigenvalue weighted by Crippen LogP contribution is -2.33. The van der Waals surface area contributed by atoms with E-state index in [-0.39, 0.29) is 17.9 Å². The highest BCUT2D eigenvalue weighted by Gasteiger charge is 2.28. The summed E-state index contributed by atoms with van der Waals surface area (Å²) in [6.07, 6.45) is -4.22. The van der Waals surface area contributed by atoms with Crippen molar-refractivity contribution in [2.75, 3.05) is 11.9 Å². The summed E-state index contributed by atoms with van der Waals surface area (Å²) in [6.45, 7) is -1.38. The molecule has 0 atom stereocenters. The van der Waals surface area contributed by atoms with Crippen LogP contribution < -0.4 is 10.6 Å². The standard InChI is InChI=1S/C11H9F3N2O2/c12-11(13,14)5-15-10(18)7-2-1-6-4-9(17)16-8(6)3-7/h1-3H,4-5H2,(H,15,18)(H,16,17). The molecule has 0 spiro atoms. The molecule has 2 amide bonds. The zero-order valence-corrected chi connectivity index (χ0v) is 9.10. The van der Waals surface area contributed by atoms with Crippen LogP contribution in [0.15, 0.2) is 18.2 Å². The normalized spacial score (nSPS) is 14.1.